The molecule has 126 valence electrons. The van der Waals surface area contributed by atoms with Crippen LogP contribution in [-0.2, 0) is 16.4 Å². The molecule has 1 aliphatic rings. The van der Waals surface area contributed by atoms with E-state index < -0.39 is 9.84 Å². The second-order valence-electron chi connectivity index (χ2n) is 5.58. The lowest BCUT2D eigenvalue weighted by atomic mass is 10.1. The Morgan fingerprint density at radius 1 is 1.21 bits per heavy atom. The normalized spacial score (nSPS) is 13.4. The number of sulfone groups is 1. The Morgan fingerprint density at radius 2 is 1.96 bits per heavy atom. The van der Waals surface area contributed by atoms with Crippen LogP contribution in [0.2, 0.25) is 0 Å². The summed E-state index contributed by atoms with van der Waals surface area (Å²) in [5.74, 6) is 0.463. The average molecular weight is 346 g/mol. The predicted octanol–water partition coefficient (Wildman–Crippen LogP) is 1.82. The number of benzene rings is 2. The summed E-state index contributed by atoms with van der Waals surface area (Å²) in [6.45, 7) is 1.64. The molecule has 1 amide bonds. The molecule has 0 aliphatic carbocycles. The fourth-order valence-corrected chi connectivity index (χ4v) is 3.05. The predicted molar refractivity (Wildman–Crippen MR) is 91.1 cm³/mol. The summed E-state index contributed by atoms with van der Waals surface area (Å²) in [6, 6.07) is 11.7. The van der Waals surface area contributed by atoms with Crippen LogP contribution in [0.1, 0.15) is 15.9 Å². The van der Waals surface area contributed by atoms with Crippen LogP contribution in [0.15, 0.2) is 47.4 Å². The first kappa shape index (κ1) is 16.3. The van der Waals surface area contributed by atoms with Crippen molar-refractivity contribution in [2.75, 3.05) is 24.7 Å². The third-order valence-electron chi connectivity index (χ3n) is 3.72. The number of anilines is 1. The molecule has 0 spiro atoms. The standard InChI is InChI=1S/C17H18N2O4S/c1-24(21,22)14-5-2-12(3-6-14)11-19-17(20)13-4-7-15-16(10-13)23-9-8-18-15/h2-7,10,18H,8-9,11H2,1H3,(H,19,20). The minimum atomic E-state index is -3.21. The molecule has 2 N–H and O–H groups in total. The summed E-state index contributed by atoms with van der Waals surface area (Å²) in [5, 5.41) is 6.01. The first-order valence-electron chi connectivity index (χ1n) is 7.51. The SMILES string of the molecule is CS(=O)(=O)c1ccc(CNC(=O)c2ccc3c(c2)OCCN3)cc1. The molecule has 2 aromatic carbocycles. The maximum Gasteiger partial charge on any atom is 0.251 e. The molecule has 0 bridgehead atoms. The zero-order valence-corrected chi connectivity index (χ0v) is 14.0. The van der Waals surface area contributed by atoms with Crippen LogP contribution >= 0.6 is 0 Å². The highest BCUT2D eigenvalue weighted by Gasteiger charge is 2.13. The zero-order chi connectivity index (χ0) is 17.2. The van der Waals surface area contributed by atoms with Gasteiger partial charge in [-0.25, -0.2) is 8.42 Å². The number of amides is 1. The quantitative estimate of drug-likeness (QED) is 0.882. The molecule has 7 heteroatoms. The van der Waals surface area contributed by atoms with Crippen molar-refractivity contribution >= 4 is 21.4 Å². The Balaban J connectivity index is 1.65. The summed E-state index contributed by atoms with van der Waals surface area (Å²) in [4.78, 5) is 12.5. The minimum absolute atomic E-state index is 0.209. The first-order chi connectivity index (χ1) is 11.4. The van der Waals surface area contributed by atoms with E-state index in [9.17, 15) is 13.2 Å². The number of hydrogen-bond acceptors (Lipinski definition) is 5. The van der Waals surface area contributed by atoms with E-state index in [1.807, 2.05) is 6.07 Å². The lowest BCUT2D eigenvalue weighted by Crippen LogP contribution is -2.24. The van der Waals surface area contributed by atoms with Crippen molar-refractivity contribution in [1.82, 2.24) is 5.32 Å². The van der Waals surface area contributed by atoms with E-state index in [-0.39, 0.29) is 10.8 Å². The van der Waals surface area contributed by atoms with E-state index in [2.05, 4.69) is 10.6 Å². The molecule has 2 aromatic rings. The Labute approximate surface area is 140 Å². The van der Waals surface area contributed by atoms with E-state index in [1.165, 1.54) is 12.1 Å². The number of carbonyl (C=O) groups is 1. The van der Waals surface area contributed by atoms with Gasteiger partial charge in [0.15, 0.2) is 9.84 Å². The van der Waals surface area contributed by atoms with Crippen molar-refractivity contribution < 1.29 is 17.9 Å². The fourth-order valence-electron chi connectivity index (χ4n) is 2.41. The molecule has 0 saturated carbocycles. The topological polar surface area (TPSA) is 84.5 Å². The van der Waals surface area contributed by atoms with Gasteiger partial charge in [0.05, 0.1) is 10.6 Å². The number of carbonyl (C=O) groups excluding carboxylic acids is 1. The Kier molecular flexibility index (Phi) is 4.44. The number of ether oxygens (including phenoxy) is 1. The van der Waals surface area contributed by atoms with Crippen molar-refractivity contribution in [3.8, 4) is 5.75 Å². The smallest absolute Gasteiger partial charge is 0.251 e. The van der Waals surface area contributed by atoms with Gasteiger partial charge in [0, 0.05) is 24.9 Å². The van der Waals surface area contributed by atoms with E-state index in [0.717, 1.165) is 24.1 Å². The van der Waals surface area contributed by atoms with Gasteiger partial charge < -0.3 is 15.4 Å². The molecule has 1 heterocycles. The third-order valence-corrected chi connectivity index (χ3v) is 4.85. The highest BCUT2D eigenvalue weighted by Crippen LogP contribution is 2.28. The molecule has 1 aliphatic heterocycles. The van der Waals surface area contributed by atoms with Crippen molar-refractivity contribution in [3.05, 3.63) is 53.6 Å². The van der Waals surface area contributed by atoms with Gasteiger partial charge in [-0.05, 0) is 35.9 Å². The molecule has 0 unspecified atom stereocenters. The summed E-state index contributed by atoms with van der Waals surface area (Å²) in [7, 11) is -3.21. The second-order valence-corrected chi connectivity index (χ2v) is 7.60. The minimum Gasteiger partial charge on any atom is -0.490 e. The van der Waals surface area contributed by atoms with E-state index in [0.29, 0.717) is 24.5 Å². The van der Waals surface area contributed by atoms with Gasteiger partial charge in [-0.1, -0.05) is 12.1 Å². The van der Waals surface area contributed by atoms with E-state index in [1.54, 1.807) is 24.3 Å². The number of rotatable bonds is 4. The zero-order valence-electron chi connectivity index (χ0n) is 13.2. The van der Waals surface area contributed by atoms with Gasteiger partial charge in [-0.2, -0.15) is 0 Å². The maximum absolute atomic E-state index is 12.2. The van der Waals surface area contributed by atoms with Crippen LogP contribution in [-0.4, -0.2) is 33.7 Å². The molecular formula is C17H18N2O4S. The number of hydrogen-bond donors (Lipinski definition) is 2. The third kappa shape index (κ3) is 3.68. The fraction of sp³-hybridized carbons (Fsp3) is 0.235. The molecule has 0 saturated heterocycles. The molecule has 0 fully saturated rings. The summed E-state index contributed by atoms with van der Waals surface area (Å²) in [6.07, 6.45) is 1.16. The molecular weight excluding hydrogens is 328 g/mol. The van der Waals surface area contributed by atoms with E-state index >= 15 is 0 Å². The van der Waals surface area contributed by atoms with Crippen LogP contribution in [0.25, 0.3) is 0 Å². The van der Waals surface area contributed by atoms with Gasteiger partial charge in [-0.3, -0.25) is 4.79 Å². The van der Waals surface area contributed by atoms with Gasteiger partial charge in [0.25, 0.3) is 5.91 Å². The molecule has 3 rings (SSSR count). The summed E-state index contributed by atoms with van der Waals surface area (Å²) in [5.41, 5.74) is 2.23. The van der Waals surface area contributed by atoms with E-state index in [4.69, 9.17) is 4.74 Å². The average Bonchev–Trinajstić information content (AvgIpc) is 2.59. The molecule has 24 heavy (non-hydrogen) atoms. The van der Waals surface area contributed by atoms with Crippen LogP contribution < -0.4 is 15.4 Å². The van der Waals surface area contributed by atoms with Crippen molar-refractivity contribution in [3.63, 3.8) is 0 Å². The van der Waals surface area contributed by atoms with Gasteiger partial charge in [0.1, 0.15) is 12.4 Å². The molecule has 0 aromatic heterocycles. The highest BCUT2D eigenvalue weighted by molar-refractivity contribution is 7.90. The van der Waals surface area contributed by atoms with Gasteiger partial charge in [-0.15, -0.1) is 0 Å². The Morgan fingerprint density at radius 3 is 2.67 bits per heavy atom. The van der Waals surface area contributed by atoms with Crippen LogP contribution in [0.4, 0.5) is 5.69 Å². The van der Waals surface area contributed by atoms with Crippen molar-refractivity contribution in [1.29, 1.82) is 0 Å². The molecule has 6 nitrogen and oxygen atoms in total. The summed E-state index contributed by atoms with van der Waals surface area (Å²) >= 11 is 0. The van der Waals surface area contributed by atoms with Crippen LogP contribution in [0.3, 0.4) is 0 Å². The lowest BCUT2D eigenvalue weighted by Gasteiger charge is -2.19. The lowest BCUT2D eigenvalue weighted by molar-refractivity contribution is 0.0950. The monoisotopic (exact) mass is 346 g/mol. The van der Waals surface area contributed by atoms with Gasteiger partial charge >= 0.3 is 0 Å². The Bertz CT molecular complexity index is 861. The number of nitrogens with one attached hydrogen (secondary N) is 2. The largest absolute Gasteiger partial charge is 0.490 e. The van der Waals surface area contributed by atoms with Crippen molar-refractivity contribution in [2.45, 2.75) is 11.4 Å². The second kappa shape index (κ2) is 6.52. The first-order valence-corrected chi connectivity index (χ1v) is 9.40. The molecule has 0 atom stereocenters. The Hall–Kier alpha value is -2.54. The molecule has 0 radical (unpaired) electrons. The van der Waals surface area contributed by atoms with Gasteiger partial charge in [0.2, 0.25) is 0 Å². The summed E-state index contributed by atoms with van der Waals surface area (Å²) < 4.78 is 28.4. The van der Waals surface area contributed by atoms with Crippen LogP contribution in [0.5, 0.6) is 5.75 Å². The highest BCUT2D eigenvalue weighted by atomic mass is 32.2. The van der Waals surface area contributed by atoms with Crippen molar-refractivity contribution in [2.24, 2.45) is 0 Å². The van der Waals surface area contributed by atoms with Crippen LogP contribution in [0, 0.1) is 0 Å². The number of fused-ring (bicyclic) bond motifs is 1. The maximum atomic E-state index is 12.2.